The van der Waals surface area contributed by atoms with Crippen LogP contribution >= 0.6 is 0 Å². The van der Waals surface area contributed by atoms with Crippen molar-refractivity contribution in [3.8, 4) is 0 Å². The number of aliphatic hydroxyl groups is 1. The van der Waals surface area contributed by atoms with Crippen molar-refractivity contribution in [3.63, 3.8) is 0 Å². The first-order valence-electron chi connectivity index (χ1n) is 6.48. The average molecular weight is 246 g/mol. The second-order valence-electron chi connectivity index (χ2n) is 5.82. The summed E-state index contributed by atoms with van der Waals surface area (Å²) in [4.78, 5) is 12.1. The van der Waals surface area contributed by atoms with Crippen molar-refractivity contribution in [2.45, 2.75) is 39.2 Å². The molecule has 3 heteroatoms. The largest absolute Gasteiger partial charge is 0.464 e. The number of aryl methyl sites for hydroxylation is 1. The van der Waals surface area contributed by atoms with Crippen LogP contribution in [0.4, 0.5) is 0 Å². The lowest BCUT2D eigenvalue weighted by atomic mass is 9.63. The average Bonchev–Trinajstić information content (AvgIpc) is 2.66. The van der Waals surface area contributed by atoms with Gasteiger partial charge in [0.25, 0.3) is 0 Å². The zero-order valence-electron chi connectivity index (χ0n) is 11.0. The Hall–Kier alpha value is -1.35. The lowest BCUT2D eigenvalue weighted by molar-refractivity contribution is -0.121. The van der Waals surface area contributed by atoms with Gasteiger partial charge < -0.3 is 9.52 Å². The summed E-state index contributed by atoms with van der Waals surface area (Å²) in [6.45, 7) is 5.85. The molecular formula is C15H18O3. The molecule has 0 spiro atoms. The molecule has 18 heavy (non-hydrogen) atoms. The minimum Gasteiger partial charge on any atom is -0.464 e. The Morgan fingerprint density at radius 2 is 2.22 bits per heavy atom. The van der Waals surface area contributed by atoms with Gasteiger partial charge in [-0.15, -0.1) is 0 Å². The van der Waals surface area contributed by atoms with E-state index in [1.807, 2.05) is 13.0 Å². The Balaban J connectivity index is 2.24. The number of hydrogen-bond acceptors (Lipinski definition) is 3. The molecule has 1 fully saturated rings. The monoisotopic (exact) mass is 246 g/mol. The minimum atomic E-state index is -1.01. The van der Waals surface area contributed by atoms with Gasteiger partial charge in [0.1, 0.15) is 5.76 Å². The minimum absolute atomic E-state index is 0.109. The molecule has 1 N–H and O–H groups in total. The highest BCUT2D eigenvalue weighted by Crippen LogP contribution is 2.50. The topological polar surface area (TPSA) is 50.4 Å². The summed E-state index contributed by atoms with van der Waals surface area (Å²) in [7, 11) is 0. The lowest BCUT2D eigenvalue weighted by Gasteiger charge is -2.43. The van der Waals surface area contributed by atoms with Crippen LogP contribution in [0.15, 0.2) is 16.3 Å². The fourth-order valence-corrected chi connectivity index (χ4v) is 3.69. The van der Waals surface area contributed by atoms with E-state index in [0.717, 1.165) is 23.1 Å². The van der Waals surface area contributed by atoms with E-state index >= 15 is 0 Å². The quantitative estimate of drug-likeness (QED) is 0.765. The summed E-state index contributed by atoms with van der Waals surface area (Å²) in [6.07, 6.45) is 4.92. The Labute approximate surface area is 106 Å². The SMILES string of the molecule is Cc1coc2c1[C@](C)(O)[C@H]1C(=C2)C(=O)CC[C@@H]1C. The molecule has 3 atom stereocenters. The third-order valence-electron chi connectivity index (χ3n) is 4.45. The van der Waals surface area contributed by atoms with Crippen molar-refractivity contribution in [2.75, 3.05) is 0 Å². The summed E-state index contributed by atoms with van der Waals surface area (Å²) in [6, 6.07) is 0. The predicted molar refractivity (Wildman–Crippen MR) is 67.9 cm³/mol. The van der Waals surface area contributed by atoms with E-state index in [2.05, 4.69) is 6.92 Å². The lowest BCUT2D eigenvalue weighted by Crippen LogP contribution is -2.44. The zero-order chi connectivity index (χ0) is 13.1. The maximum Gasteiger partial charge on any atom is 0.159 e. The van der Waals surface area contributed by atoms with Crippen LogP contribution in [0.5, 0.6) is 0 Å². The molecule has 0 saturated heterocycles. The fourth-order valence-electron chi connectivity index (χ4n) is 3.69. The third-order valence-corrected chi connectivity index (χ3v) is 4.45. The Kier molecular flexibility index (Phi) is 2.33. The predicted octanol–water partition coefficient (Wildman–Crippen LogP) is 2.81. The summed E-state index contributed by atoms with van der Waals surface area (Å²) in [5.41, 5.74) is 1.53. The van der Waals surface area contributed by atoms with Crippen LogP contribution in [0, 0.1) is 18.8 Å². The van der Waals surface area contributed by atoms with Gasteiger partial charge in [-0.2, -0.15) is 0 Å². The molecule has 0 unspecified atom stereocenters. The van der Waals surface area contributed by atoms with Gasteiger partial charge in [-0.3, -0.25) is 4.79 Å². The highest BCUT2D eigenvalue weighted by Gasteiger charge is 2.48. The standard InChI is InChI=1S/C15H18O3/c1-8-4-5-11(16)10-6-12-14(9(2)7-18-12)15(3,17)13(8)10/h6-8,13,17H,4-5H2,1-3H3/t8-,13+,15+/m0/s1. The zero-order valence-corrected chi connectivity index (χ0v) is 11.0. The van der Waals surface area contributed by atoms with E-state index in [0.29, 0.717) is 18.1 Å². The fraction of sp³-hybridized carbons (Fsp3) is 0.533. The highest BCUT2D eigenvalue weighted by molar-refractivity contribution is 6.01. The maximum absolute atomic E-state index is 12.1. The molecule has 3 nitrogen and oxygen atoms in total. The normalized spacial score (nSPS) is 34.9. The van der Waals surface area contributed by atoms with E-state index in [1.54, 1.807) is 13.2 Å². The molecule has 0 bridgehead atoms. The van der Waals surface area contributed by atoms with Gasteiger partial charge in [0.05, 0.1) is 11.9 Å². The van der Waals surface area contributed by atoms with Crippen molar-refractivity contribution >= 4 is 11.9 Å². The van der Waals surface area contributed by atoms with Gasteiger partial charge in [0.15, 0.2) is 5.78 Å². The van der Waals surface area contributed by atoms with Crippen molar-refractivity contribution in [1.82, 2.24) is 0 Å². The smallest absolute Gasteiger partial charge is 0.159 e. The molecule has 1 aromatic heterocycles. The number of carbonyl (C=O) groups excluding carboxylic acids is 1. The molecule has 0 amide bonds. The Morgan fingerprint density at radius 3 is 2.94 bits per heavy atom. The van der Waals surface area contributed by atoms with Crippen LogP contribution in [0.2, 0.25) is 0 Å². The summed E-state index contributed by atoms with van der Waals surface area (Å²) < 4.78 is 5.47. The maximum atomic E-state index is 12.1. The molecule has 96 valence electrons. The van der Waals surface area contributed by atoms with Gasteiger partial charge in [-0.1, -0.05) is 6.92 Å². The first-order chi connectivity index (χ1) is 8.43. The molecule has 2 aliphatic carbocycles. The van der Waals surface area contributed by atoms with Gasteiger partial charge >= 0.3 is 0 Å². The number of fused-ring (bicyclic) bond motifs is 2. The van der Waals surface area contributed by atoms with Crippen LogP contribution in [-0.2, 0) is 10.4 Å². The van der Waals surface area contributed by atoms with Gasteiger partial charge in [-0.25, -0.2) is 0 Å². The van der Waals surface area contributed by atoms with E-state index in [4.69, 9.17) is 4.42 Å². The van der Waals surface area contributed by atoms with Crippen LogP contribution in [0.25, 0.3) is 6.08 Å². The number of Topliss-reactive ketones (excluding diaryl/α,β-unsaturated/α-hetero) is 1. The first-order valence-corrected chi connectivity index (χ1v) is 6.48. The van der Waals surface area contributed by atoms with E-state index in [-0.39, 0.29) is 11.7 Å². The summed E-state index contributed by atoms with van der Waals surface area (Å²) in [5.74, 6) is 0.998. The summed E-state index contributed by atoms with van der Waals surface area (Å²) in [5, 5.41) is 10.9. The molecule has 1 saturated carbocycles. The number of hydrogen-bond donors (Lipinski definition) is 1. The molecule has 1 heterocycles. The van der Waals surface area contributed by atoms with Crippen LogP contribution in [-0.4, -0.2) is 10.9 Å². The molecular weight excluding hydrogens is 228 g/mol. The number of ketones is 1. The molecule has 1 aromatic rings. The van der Waals surface area contributed by atoms with Gasteiger partial charge in [0, 0.05) is 23.5 Å². The van der Waals surface area contributed by atoms with Gasteiger partial charge in [-0.05, 0) is 37.8 Å². The first kappa shape index (κ1) is 11.7. The van der Waals surface area contributed by atoms with Crippen LogP contribution in [0.1, 0.15) is 43.6 Å². The van der Waals surface area contributed by atoms with Crippen molar-refractivity contribution in [1.29, 1.82) is 0 Å². The van der Waals surface area contributed by atoms with E-state index < -0.39 is 5.60 Å². The highest BCUT2D eigenvalue weighted by atomic mass is 16.3. The number of carbonyl (C=O) groups is 1. The summed E-state index contributed by atoms with van der Waals surface area (Å²) >= 11 is 0. The van der Waals surface area contributed by atoms with E-state index in [9.17, 15) is 9.90 Å². The Morgan fingerprint density at radius 1 is 1.50 bits per heavy atom. The molecule has 0 aromatic carbocycles. The van der Waals surface area contributed by atoms with Crippen LogP contribution in [0.3, 0.4) is 0 Å². The molecule has 3 rings (SSSR count). The number of rotatable bonds is 0. The van der Waals surface area contributed by atoms with Crippen molar-refractivity contribution in [2.24, 2.45) is 11.8 Å². The van der Waals surface area contributed by atoms with Crippen molar-refractivity contribution in [3.05, 3.63) is 28.7 Å². The molecule has 2 aliphatic rings. The second-order valence-corrected chi connectivity index (χ2v) is 5.82. The third kappa shape index (κ3) is 1.37. The van der Waals surface area contributed by atoms with Crippen LogP contribution < -0.4 is 0 Å². The van der Waals surface area contributed by atoms with E-state index in [1.165, 1.54) is 0 Å². The number of furan rings is 1. The molecule has 0 radical (unpaired) electrons. The Bertz CT molecular complexity index is 548. The van der Waals surface area contributed by atoms with Gasteiger partial charge in [0.2, 0.25) is 0 Å². The second kappa shape index (κ2) is 3.58. The van der Waals surface area contributed by atoms with Crippen molar-refractivity contribution < 1.29 is 14.3 Å². The molecule has 0 aliphatic heterocycles.